The Morgan fingerprint density at radius 1 is 1.12 bits per heavy atom. The highest BCUT2D eigenvalue weighted by molar-refractivity contribution is 6.35. The highest BCUT2D eigenvalue weighted by Crippen LogP contribution is 2.26. The van der Waals surface area contributed by atoms with Crippen LogP contribution in [0.15, 0.2) is 18.2 Å². The number of rotatable bonds is 2. The molecule has 1 heterocycles. The van der Waals surface area contributed by atoms with E-state index in [1.165, 1.54) is 25.7 Å². The molecule has 1 aliphatic heterocycles. The molecule has 0 aliphatic carbocycles. The Morgan fingerprint density at radius 2 is 1.88 bits per heavy atom. The Kier molecular flexibility index (Phi) is 4.51. The molecule has 0 spiro atoms. The smallest absolute Gasteiger partial charge is 0.0453 e. The molecule has 0 bridgehead atoms. The van der Waals surface area contributed by atoms with Gasteiger partial charge in [0.1, 0.15) is 0 Å². The Bertz CT molecular complexity index is 324. The van der Waals surface area contributed by atoms with Gasteiger partial charge in [0.05, 0.1) is 0 Å². The van der Waals surface area contributed by atoms with Crippen molar-refractivity contribution in [2.75, 3.05) is 6.54 Å². The summed E-state index contributed by atoms with van der Waals surface area (Å²) >= 11 is 12.4. The fraction of sp³-hybridized carbons (Fsp3) is 0.538. The Balaban J connectivity index is 2.07. The zero-order valence-electron chi connectivity index (χ0n) is 9.31. The maximum atomic E-state index is 6.18. The van der Waals surface area contributed by atoms with Gasteiger partial charge in [-0.25, -0.2) is 0 Å². The summed E-state index contributed by atoms with van der Waals surface area (Å²) in [5, 5.41) is 5.15. The van der Waals surface area contributed by atoms with Crippen LogP contribution in [0, 0.1) is 0 Å². The van der Waals surface area contributed by atoms with Crippen molar-refractivity contribution < 1.29 is 0 Å². The summed E-state index contributed by atoms with van der Waals surface area (Å²) in [6.45, 7) is 1.12. The molecule has 0 radical (unpaired) electrons. The standard InChI is InChI=1S/C13H17Cl2N/c14-12-6-4-7-13(15)11(12)9-10-5-2-1-3-8-16-10/h4,6-7,10,16H,1-3,5,8-9H2. The second-order valence-electron chi connectivity index (χ2n) is 4.40. The molecular weight excluding hydrogens is 241 g/mol. The topological polar surface area (TPSA) is 12.0 Å². The predicted octanol–water partition coefficient (Wildman–Crippen LogP) is 4.07. The lowest BCUT2D eigenvalue weighted by Gasteiger charge is -2.17. The third-order valence-electron chi connectivity index (χ3n) is 3.17. The molecule has 1 unspecified atom stereocenters. The van der Waals surface area contributed by atoms with Crippen LogP contribution in [0.1, 0.15) is 31.2 Å². The molecule has 1 atom stereocenters. The number of nitrogens with one attached hydrogen (secondary N) is 1. The average Bonchev–Trinajstić information content (AvgIpc) is 2.52. The first-order valence-electron chi connectivity index (χ1n) is 5.93. The van der Waals surface area contributed by atoms with E-state index in [4.69, 9.17) is 23.2 Å². The van der Waals surface area contributed by atoms with Gasteiger partial charge in [0.15, 0.2) is 0 Å². The quantitative estimate of drug-likeness (QED) is 0.843. The SMILES string of the molecule is Clc1cccc(Cl)c1CC1CCCCCN1. The van der Waals surface area contributed by atoms with Crippen LogP contribution in [0.4, 0.5) is 0 Å². The van der Waals surface area contributed by atoms with Gasteiger partial charge in [-0.15, -0.1) is 0 Å². The minimum Gasteiger partial charge on any atom is -0.314 e. The normalized spacial score (nSPS) is 21.8. The molecule has 0 amide bonds. The van der Waals surface area contributed by atoms with Crippen LogP contribution < -0.4 is 5.32 Å². The van der Waals surface area contributed by atoms with Crippen LogP contribution in [0.2, 0.25) is 10.0 Å². The molecule has 88 valence electrons. The fourth-order valence-corrected chi connectivity index (χ4v) is 2.80. The molecule has 2 rings (SSSR count). The Hall–Kier alpha value is -0.240. The molecule has 1 fully saturated rings. The Morgan fingerprint density at radius 3 is 2.62 bits per heavy atom. The largest absolute Gasteiger partial charge is 0.314 e. The number of hydrogen-bond acceptors (Lipinski definition) is 1. The van der Waals surface area contributed by atoms with Crippen molar-refractivity contribution in [3.05, 3.63) is 33.8 Å². The van der Waals surface area contributed by atoms with Crippen LogP contribution in [0.3, 0.4) is 0 Å². The van der Waals surface area contributed by atoms with E-state index in [9.17, 15) is 0 Å². The average molecular weight is 258 g/mol. The minimum absolute atomic E-state index is 0.528. The highest BCUT2D eigenvalue weighted by Gasteiger charge is 2.15. The first kappa shape index (κ1) is 12.2. The summed E-state index contributed by atoms with van der Waals surface area (Å²) in [7, 11) is 0. The third-order valence-corrected chi connectivity index (χ3v) is 3.88. The van der Waals surface area contributed by atoms with Crippen molar-refractivity contribution in [1.29, 1.82) is 0 Å². The van der Waals surface area contributed by atoms with Crippen molar-refractivity contribution in [2.45, 2.75) is 38.1 Å². The molecule has 0 aromatic heterocycles. The van der Waals surface area contributed by atoms with Gasteiger partial charge in [0.2, 0.25) is 0 Å². The van der Waals surface area contributed by atoms with E-state index in [1.807, 2.05) is 18.2 Å². The van der Waals surface area contributed by atoms with E-state index >= 15 is 0 Å². The Labute approximate surface area is 107 Å². The molecule has 3 heteroatoms. The van der Waals surface area contributed by atoms with Gasteiger partial charge in [-0.2, -0.15) is 0 Å². The van der Waals surface area contributed by atoms with Crippen molar-refractivity contribution in [3.63, 3.8) is 0 Å². The van der Waals surface area contributed by atoms with E-state index in [0.29, 0.717) is 6.04 Å². The summed E-state index contributed by atoms with van der Waals surface area (Å²) in [6.07, 6.45) is 6.09. The lowest BCUT2D eigenvalue weighted by Crippen LogP contribution is -2.30. The highest BCUT2D eigenvalue weighted by atomic mass is 35.5. The molecule has 1 saturated heterocycles. The lowest BCUT2D eigenvalue weighted by atomic mass is 10.0. The van der Waals surface area contributed by atoms with Crippen LogP contribution in [-0.2, 0) is 6.42 Å². The van der Waals surface area contributed by atoms with Gasteiger partial charge in [-0.05, 0) is 43.5 Å². The zero-order chi connectivity index (χ0) is 11.4. The van der Waals surface area contributed by atoms with E-state index in [-0.39, 0.29) is 0 Å². The van der Waals surface area contributed by atoms with E-state index in [0.717, 1.165) is 28.6 Å². The number of halogens is 2. The summed E-state index contributed by atoms with van der Waals surface area (Å²) < 4.78 is 0. The van der Waals surface area contributed by atoms with Gasteiger partial charge < -0.3 is 5.32 Å². The van der Waals surface area contributed by atoms with Crippen LogP contribution in [0.25, 0.3) is 0 Å². The molecule has 0 saturated carbocycles. The molecular formula is C13H17Cl2N. The lowest BCUT2D eigenvalue weighted by molar-refractivity contribution is 0.508. The summed E-state index contributed by atoms with van der Waals surface area (Å²) in [4.78, 5) is 0. The van der Waals surface area contributed by atoms with E-state index < -0.39 is 0 Å². The van der Waals surface area contributed by atoms with E-state index in [1.54, 1.807) is 0 Å². The van der Waals surface area contributed by atoms with Crippen molar-refractivity contribution >= 4 is 23.2 Å². The van der Waals surface area contributed by atoms with Gasteiger partial charge >= 0.3 is 0 Å². The maximum Gasteiger partial charge on any atom is 0.0453 e. The van der Waals surface area contributed by atoms with Crippen molar-refractivity contribution in [3.8, 4) is 0 Å². The van der Waals surface area contributed by atoms with Crippen molar-refractivity contribution in [2.24, 2.45) is 0 Å². The van der Waals surface area contributed by atoms with E-state index in [2.05, 4.69) is 5.32 Å². The van der Waals surface area contributed by atoms with Gasteiger partial charge in [-0.3, -0.25) is 0 Å². The molecule has 1 aromatic rings. The molecule has 1 nitrogen and oxygen atoms in total. The van der Waals surface area contributed by atoms with Gasteiger partial charge in [0.25, 0.3) is 0 Å². The number of benzene rings is 1. The molecule has 1 aromatic carbocycles. The van der Waals surface area contributed by atoms with Crippen LogP contribution in [0.5, 0.6) is 0 Å². The first-order chi connectivity index (χ1) is 7.77. The van der Waals surface area contributed by atoms with Crippen LogP contribution in [-0.4, -0.2) is 12.6 Å². The van der Waals surface area contributed by atoms with Gasteiger partial charge in [0, 0.05) is 16.1 Å². The minimum atomic E-state index is 0.528. The number of hydrogen-bond donors (Lipinski definition) is 1. The van der Waals surface area contributed by atoms with Crippen molar-refractivity contribution in [1.82, 2.24) is 5.32 Å². The summed E-state index contributed by atoms with van der Waals surface area (Å²) in [5.74, 6) is 0. The fourth-order valence-electron chi connectivity index (χ4n) is 2.25. The predicted molar refractivity (Wildman–Crippen MR) is 70.4 cm³/mol. The zero-order valence-corrected chi connectivity index (χ0v) is 10.8. The summed E-state index contributed by atoms with van der Waals surface area (Å²) in [6, 6.07) is 6.26. The first-order valence-corrected chi connectivity index (χ1v) is 6.69. The second-order valence-corrected chi connectivity index (χ2v) is 5.22. The molecule has 1 N–H and O–H groups in total. The molecule has 16 heavy (non-hydrogen) atoms. The maximum absolute atomic E-state index is 6.18. The third kappa shape index (κ3) is 3.13. The monoisotopic (exact) mass is 257 g/mol. The van der Waals surface area contributed by atoms with Crippen LogP contribution >= 0.6 is 23.2 Å². The second kappa shape index (κ2) is 5.90. The van der Waals surface area contributed by atoms with Gasteiger partial charge in [-0.1, -0.05) is 42.1 Å². The summed E-state index contributed by atoms with van der Waals surface area (Å²) in [5.41, 5.74) is 1.09. The molecule has 1 aliphatic rings.